The van der Waals surface area contributed by atoms with Crippen molar-refractivity contribution in [1.29, 1.82) is 0 Å². The molecule has 0 amide bonds. The lowest BCUT2D eigenvalue weighted by Crippen LogP contribution is -2.06. The first kappa shape index (κ1) is 20.0. The number of fused-ring (bicyclic) bond motifs is 1. The maximum Gasteiger partial charge on any atom is 0.223 e. The monoisotopic (exact) mass is 449 g/mol. The summed E-state index contributed by atoms with van der Waals surface area (Å²) in [5.74, 6) is -0.443. The summed E-state index contributed by atoms with van der Waals surface area (Å²) in [7, 11) is 0. The molecular weight excluding hydrogens is 436 g/mol. The second-order valence-electron chi connectivity index (χ2n) is 6.94. The highest BCUT2D eigenvalue weighted by Gasteiger charge is 2.21. The quantitative estimate of drug-likeness (QED) is 0.410. The van der Waals surface area contributed by atoms with E-state index in [2.05, 4.69) is 25.0 Å². The third-order valence-electron chi connectivity index (χ3n) is 4.85. The second-order valence-corrected chi connectivity index (χ2v) is 7.33. The molecule has 0 radical (unpaired) electrons. The number of hydrogen-bond donors (Lipinski definition) is 1. The summed E-state index contributed by atoms with van der Waals surface area (Å²) >= 11 is 6.13. The molecule has 1 aromatic carbocycles. The Bertz CT molecular complexity index is 1450. The number of nitrogen functional groups attached to an aromatic ring is 1. The molecule has 5 rings (SSSR count). The number of anilines is 1. The van der Waals surface area contributed by atoms with E-state index in [1.54, 1.807) is 30.5 Å². The van der Waals surface area contributed by atoms with E-state index in [1.165, 1.54) is 35.0 Å². The van der Waals surface area contributed by atoms with E-state index in [4.69, 9.17) is 17.3 Å². The third-order valence-corrected chi connectivity index (χ3v) is 5.05. The van der Waals surface area contributed by atoms with Gasteiger partial charge in [-0.25, -0.2) is 23.7 Å². The first-order valence-electron chi connectivity index (χ1n) is 9.52. The normalized spacial score (nSPS) is 11.2. The molecule has 0 aliphatic carbocycles. The number of hydrogen-bond acceptors (Lipinski definition) is 6. The number of benzene rings is 1. The molecule has 0 unspecified atom stereocenters. The molecule has 7 nitrogen and oxygen atoms in total. The van der Waals surface area contributed by atoms with Gasteiger partial charge in [-0.15, -0.1) is 5.10 Å². The van der Waals surface area contributed by atoms with Crippen LogP contribution in [0.4, 0.5) is 14.7 Å². The van der Waals surface area contributed by atoms with Crippen molar-refractivity contribution in [1.82, 2.24) is 29.5 Å². The largest absolute Gasteiger partial charge is 0.368 e. The van der Waals surface area contributed by atoms with Crippen LogP contribution in [-0.4, -0.2) is 29.5 Å². The van der Waals surface area contributed by atoms with Gasteiger partial charge in [0, 0.05) is 18.0 Å². The molecule has 5 aromatic rings. The average molecular weight is 450 g/mol. The Kier molecular flexibility index (Phi) is 4.95. The van der Waals surface area contributed by atoms with Gasteiger partial charge in [0.2, 0.25) is 5.95 Å². The number of aromatic nitrogens is 6. The van der Waals surface area contributed by atoms with Crippen LogP contribution in [0.3, 0.4) is 0 Å². The Morgan fingerprint density at radius 2 is 1.75 bits per heavy atom. The zero-order valence-electron chi connectivity index (χ0n) is 16.4. The van der Waals surface area contributed by atoms with Gasteiger partial charge in [-0.05, 0) is 54.1 Å². The van der Waals surface area contributed by atoms with E-state index in [9.17, 15) is 8.78 Å². The third kappa shape index (κ3) is 3.63. The van der Waals surface area contributed by atoms with E-state index < -0.39 is 5.82 Å². The molecule has 0 aliphatic rings. The highest BCUT2D eigenvalue weighted by molar-refractivity contribution is 6.29. The highest BCUT2D eigenvalue weighted by atomic mass is 35.5. The van der Waals surface area contributed by atoms with Gasteiger partial charge in [0.25, 0.3) is 0 Å². The molecule has 4 aromatic heterocycles. The van der Waals surface area contributed by atoms with Gasteiger partial charge in [0.05, 0.1) is 23.4 Å². The SMILES string of the molecule is Nc1nc(-c2ccc(F)cc2)c(-c2ccnc(Cl)c2)c2nc(Cc3ncccc3F)nn12. The van der Waals surface area contributed by atoms with Crippen LogP contribution in [0.2, 0.25) is 5.15 Å². The topological polar surface area (TPSA) is 94.9 Å². The number of nitrogens with zero attached hydrogens (tertiary/aromatic N) is 6. The van der Waals surface area contributed by atoms with Crippen LogP contribution in [0.25, 0.3) is 28.0 Å². The Labute approximate surface area is 185 Å². The number of pyridine rings is 2. The number of halogens is 3. The van der Waals surface area contributed by atoms with Gasteiger partial charge in [-0.3, -0.25) is 4.98 Å². The van der Waals surface area contributed by atoms with Gasteiger partial charge < -0.3 is 5.73 Å². The molecule has 158 valence electrons. The first-order chi connectivity index (χ1) is 15.5. The number of rotatable bonds is 4. The molecule has 0 saturated heterocycles. The fraction of sp³-hybridized carbons (Fsp3) is 0.0455. The van der Waals surface area contributed by atoms with Crippen molar-refractivity contribution in [2.24, 2.45) is 0 Å². The fourth-order valence-electron chi connectivity index (χ4n) is 3.41. The van der Waals surface area contributed by atoms with Crippen molar-refractivity contribution < 1.29 is 8.78 Å². The van der Waals surface area contributed by atoms with Crippen LogP contribution in [0.15, 0.2) is 60.9 Å². The molecular formula is C22H14ClF2N7. The Balaban J connectivity index is 1.76. The van der Waals surface area contributed by atoms with Gasteiger partial charge in [0.1, 0.15) is 16.8 Å². The van der Waals surface area contributed by atoms with Crippen LogP contribution in [0, 0.1) is 11.6 Å². The molecule has 0 fully saturated rings. The predicted octanol–water partition coefficient (Wildman–Crippen LogP) is 4.35. The maximum absolute atomic E-state index is 14.1. The van der Waals surface area contributed by atoms with E-state index >= 15 is 0 Å². The molecule has 2 N–H and O–H groups in total. The standard InChI is InChI=1S/C22H14ClF2N7/c23-17-10-13(7-9-28-17)19-20(12-3-5-14(24)6-4-12)30-22(26)32-21(19)29-18(31-32)11-16-15(25)2-1-8-27-16/h1-10H,11H2,(H2,26,30). The minimum absolute atomic E-state index is 0.0657. The van der Waals surface area contributed by atoms with Gasteiger partial charge >= 0.3 is 0 Å². The molecule has 10 heteroatoms. The van der Waals surface area contributed by atoms with E-state index in [0.29, 0.717) is 33.9 Å². The van der Waals surface area contributed by atoms with Crippen molar-refractivity contribution in [3.63, 3.8) is 0 Å². The van der Waals surface area contributed by atoms with Crippen molar-refractivity contribution in [2.45, 2.75) is 6.42 Å². The van der Waals surface area contributed by atoms with Crippen LogP contribution >= 0.6 is 11.6 Å². The molecule has 4 heterocycles. The van der Waals surface area contributed by atoms with Crippen molar-refractivity contribution in [3.05, 3.63) is 89.2 Å². The lowest BCUT2D eigenvalue weighted by atomic mass is 10.0. The van der Waals surface area contributed by atoms with Crippen molar-refractivity contribution >= 4 is 23.2 Å². The summed E-state index contributed by atoms with van der Waals surface area (Å²) in [6.45, 7) is 0. The second kappa shape index (κ2) is 7.93. The smallest absolute Gasteiger partial charge is 0.223 e. The average Bonchev–Trinajstić information content (AvgIpc) is 3.20. The zero-order chi connectivity index (χ0) is 22.2. The Morgan fingerprint density at radius 1 is 0.938 bits per heavy atom. The van der Waals surface area contributed by atoms with Crippen LogP contribution in [0.5, 0.6) is 0 Å². The minimum Gasteiger partial charge on any atom is -0.368 e. The van der Waals surface area contributed by atoms with E-state index in [1.807, 2.05) is 0 Å². The highest BCUT2D eigenvalue weighted by Crippen LogP contribution is 2.35. The molecule has 0 spiro atoms. The van der Waals surface area contributed by atoms with Gasteiger partial charge in [-0.1, -0.05) is 11.6 Å². The number of nitrogens with two attached hydrogens (primary N) is 1. The van der Waals surface area contributed by atoms with Crippen LogP contribution < -0.4 is 5.73 Å². The lowest BCUT2D eigenvalue weighted by molar-refractivity contribution is 0.601. The van der Waals surface area contributed by atoms with E-state index in [-0.39, 0.29) is 29.0 Å². The van der Waals surface area contributed by atoms with Crippen molar-refractivity contribution in [2.75, 3.05) is 5.73 Å². The maximum atomic E-state index is 14.1. The zero-order valence-corrected chi connectivity index (χ0v) is 17.1. The van der Waals surface area contributed by atoms with Crippen LogP contribution in [-0.2, 0) is 6.42 Å². The molecule has 0 bridgehead atoms. The summed E-state index contributed by atoms with van der Waals surface area (Å²) in [6, 6.07) is 12.1. The Morgan fingerprint density at radius 3 is 2.50 bits per heavy atom. The van der Waals surface area contributed by atoms with Crippen molar-refractivity contribution in [3.8, 4) is 22.4 Å². The summed E-state index contributed by atoms with van der Waals surface area (Å²) in [6.07, 6.45) is 3.12. The Hall–Kier alpha value is -3.98. The molecule has 32 heavy (non-hydrogen) atoms. The summed E-state index contributed by atoms with van der Waals surface area (Å²) < 4.78 is 29.0. The predicted molar refractivity (Wildman–Crippen MR) is 116 cm³/mol. The molecule has 0 aliphatic heterocycles. The van der Waals surface area contributed by atoms with E-state index in [0.717, 1.165) is 0 Å². The summed E-state index contributed by atoms with van der Waals surface area (Å²) in [5, 5.41) is 4.68. The van der Waals surface area contributed by atoms with Crippen LogP contribution in [0.1, 0.15) is 11.5 Å². The minimum atomic E-state index is -0.453. The van der Waals surface area contributed by atoms with Gasteiger partial charge in [-0.2, -0.15) is 4.52 Å². The van der Waals surface area contributed by atoms with Gasteiger partial charge in [0.15, 0.2) is 11.5 Å². The first-order valence-corrected chi connectivity index (χ1v) is 9.90. The fourth-order valence-corrected chi connectivity index (χ4v) is 3.59. The summed E-state index contributed by atoms with van der Waals surface area (Å²) in [5.41, 5.74) is 9.14. The summed E-state index contributed by atoms with van der Waals surface area (Å²) in [4.78, 5) is 17.2. The molecule has 0 saturated carbocycles. The lowest BCUT2D eigenvalue weighted by Gasteiger charge is -2.12. The molecule has 0 atom stereocenters.